The van der Waals surface area contributed by atoms with Gasteiger partial charge in [0.15, 0.2) is 0 Å². The Morgan fingerprint density at radius 1 is 1.56 bits per heavy atom. The Kier molecular flexibility index (Phi) is 5.44. The quantitative estimate of drug-likeness (QED) is 0.854. The van der Waals surface area contributed by atoms with Crippen LogP contribution in [0.4, 0.5) is 5.69 Å². The maximum absolute atomic E-state index is 12.1. The van der Waals surface area contributed by atoms with Crippen LogP contribution in [-0.2, 0) is 4.74 Å². The Morgan fingerprint density at radius 2 is 2.33 bits per heavy atom. The van der Waals surface area contributed by atoms with E-state index in [4.69, 9.17) is 10.5 Å². The Bertz CT molecular complexity index is 406. The highest BCUT2D eigenvalue weighted by Gasteiger charge is 2.20. The summed E-state index contributed by atoms with van der Waals surface area (Å²) < 4.78 is 5.51. The van der Waals surface area contributed by atoms with Crippen molar-refractivity contribution in [2.75, 3.05) is 25.9 Å². The van der Waals surface area contributed by atoms with E-state index < -0.39 is 0 Å². The fraction of sp³-hybridized carbons (Fsp3) is 0.462. The van der Waals surface area contributed by atoms with Gasteiger partial charge >= 0.3 is 0 Å². The number of amides is 1. The third-order valence-electron chi connectivity index (χ3n) is 2.98. The van der Waals surface area contributed by atoms with Crippen molar-refractivity contribution in [3.05, 3.63) is 29.8 Å². The van der Waals surface area contributed by atoms with Crippen LogP contribution in [0.2, 0.25) is 0 Å². The number of ether oxygens (including phenoxy) is 1. The standard InChI is InChI=1S/C13H18N2O2.ClH/c1-15(9-12-6-3-7-17-12)13(16)10-4-2-5-11(14)8-10;/h2,4-5,8,12H,3,6-7,9,14H2,1H3;1H. The summed E-state index contributed by atoms with van der Waals surface area (Å²) in [5.41, 5.74) is 6.91. The van der Waals surface area contributed by atoms with Gasteiger partial charge in [-0.25, -0.2) is 0 Å². The second kappa shape index (κ2) is 6.61. The number of hydrogen-bond acceptors (Lipinski definition) is 3. The van der Waals surface area contributed by atoms with Crippen molar-refractivity contribution < 1.29 is 9.53 Å². The highest BCUT2D eigenvalue weighted by molar-refractivity contribution is 5.94. The van der Waals surface area contributed by atoms with E-state index in [0.29, 0.717) is 17.8 Å². The lowest BCUT2D eigenvalue weighted by Crippen LogP contribution is -2.34. The number of nitrogens with two attached hydrogens (primary N) is 1. The molecule has 1 heterocycles. The number of nitrogen functional groups attached to an aromatic ring is 1. The van der Waals surface area contributed by atoms with Gasteiger partial charge in [-0.05, 0) is 31.0 Å². The minimum absolute atomic E-state index is 0. The first-order chi connectivity index (χ1) is 8.16. The summed E-state index contributed by atoms with van der Waals surface area (Å²) in [5.74, 6) is -0.00667. The van der Waals surface area contributed by atoms with Crippen molar-refractivity contribution in [3.63, 3.8) is 0 Å². The Morgan fingerprint density at radius 3 is 2.94 bits per heavy atom. The predicted octanol–water partition coefficient (Wildman–Crippen LogP) is 1.94. The van der Waals surface area contributed by atoms with Gasteiger partial charge in [-0.2, -0.15) is 0 Å². The summed E-state index contributed by atoms with van der Waals surface area (Å²) in [6.07, 6.45) is 2.31. The number of benzene rings is 1. The first kappa shape index (κ1) is 14.8. The SMILES string of the molecule is CN(CC1CCCO1)C(=O)c1cccc(N)c1.Cl. The minimum Gasteiger partial charge on any atom is -0.399 e. The third kappa shape index (κ3) is 3.62. The molecule has 1 saturated heterocycles. The molecule has 2 N–H and O–H groups in total. The summed E-state index contributed by atoms with van der Waals surface area (Å²) in [7, 11) is 1.80. The fourth-order valence-electron chi connectivity index (χ4n) is 2.07. The molecule has 1 aromatic carbocycles. The van der Waals surface area contributed by atoms with Crippen LogP contribution >= 0.6 is 12.4 Å². The average molecular weight is 271 g/mol. The van der Waals surface area contributed by atoms with E-state index in [1.807, 2.05) is 0 Å². The number of rotatable bonds is 3. The van der Waals surface area contributed by atoms with Crippen LogP contribution in [0.1, 0.15) is 23.2 Å². The van der Waals surface area contributed by atoms with Crippen molar-refractivity contribution >= 4 is 24.0 Å². The van der Waals surface area contributed by atoms with Gasteiger partial charge in [0.05, 0.1) is 6.10 Å². The third-order valence-corrected chi connectivity index (χ3v) is 2.98. The summed E-state index contributed by atoms with van der Waals surface area (Å²) in [4.78, 5) is 13.8. The van der Waals surface area contributed by atoms with Crippen molar-refractivity contribution in [2.45, 2.75) is 18.9 Å². The first-order valence-corrected chi connectivity index (χ1v) is 5.89. The molecule has 1 unspecified atom stereocenters. The van der Waals surface area contributed by atoms with E-state index >= 15 is 0 Å². The molecule has 1 fully saturated rings. The fourth-order valence-corrected chi connectivity index (χ4v) is 2.07. The highest BCUT2D eigenvalue weighted by Crippen LogP contribution is 2.15. The topological polar surface area (TPSA) is 55.6 Å². The molecule has 0 aliphatic carbocycles. The molecule has 1 aliphatic heterocycles. The van der Waals surface area contributed by atoms with Gasteiger partial charge in [-0.1, -0.05) is 6.07 Å². The molecule has 2 rings (SSSR count). The van der Waals surface area contributed by atoms with E-state index in [1.165, 1.54) is 0 Å². The van der Waals surface area contributed by atoms with Crippen LogP contribution in [0, 0.1) is 0 Å². The molecule has 5 heteroatoms. The van der Waals surface area contributed by atoms with Gasteiger partial charge in [0, 0.05) is 31.5 Å². The summed E-state index contributed by atoms with van der Waals surface area (Å²) >= 11 is 0. The van der Waals surface area contributed by atoms with Crippen molar-refractivity contribution in [3.8, 4) is 0 Å². The molecule has 1 amide bonds. The van der Waals surface area contributed by atoms with Crippen molar-refractivity contribution in [1.29, 1.82) is 0 Å². The molecule has 0 saturated carbocycles. The molecular formula is C13H19ClN2O2. The van der Waals surface area contributed by atoms with Crippen LogP contribution in [-0.4, -0.2) is 37.1 Å². The molecule has 0 spiro atoms. The molecule has 0 radical (unpaired) electrons. The monoisotopic (exact) mass is 270 g/mol. The molecule has 1 aliphatic rings. The molecule has 1 atom stereocenters. The molecular weight excluding hydrogens is 252 g/mol. The first-order valence-electron chi connectivity index (χ1n) is 5.89. The summed E-state index contributed by atoms with van der Waals surface area (Å²) in [6, 6.07) is 7.05. The zero-order valence-electron chi connectivity index (χ0n) is 10.5. The molecule has 4 nitrogen and oxygen atoms in total. The second-order valence-corrected chi connectivity index (χ2v) is 4.45. The van der Waals surface area contributed by atoms with E-state index in [0.717, 1.165) is 19.4 Å². The van der Waals surface area contributed by atoms with Gasteiger partial charge in [0.2, 0.25) is 0 Å². The lowest BCUT2D eigenvalue weighted by molar-refractivity contribution is 0.0587. The van der Waals surface area contributed by atoms with Crippen LogP contribution in [0.15, 0.2) is 24.3 Å². The Labute approximate surface area is 114 Å². The van der Waals surface area contributed by atoms with E-state index in [2.05, 4.69) is 0 Å². The van der Waals surface area contributed by atoms with Gasteiger partial charge in [0.1, 0.15) is 0 Å². The molecule has 18 heavy (non-hydrogen) atoms. The number of halogens is 1. The number of carbonyl (C=O) groups is 1. The van der Waals surface area contributed by atoms with Crippen molar-refractivity contribution in [1.82, 2.24) is 4.90 Å². The molecule has 0 bridgehead atoms. The number of anilines is 1. The van der Waals surface area contributed by atoms with E-state index in [-0.39, 0.29) is 24.4 Å². The number of nitrogens with zero attached hydrogens (tertiary/aromatic N) is 1. The maximum atomic E-state index is 12.1. The highest BCUT2D eigenvalue weighted by atomic mass is 35.5. The Balaban J connectivity index is 0.00000162. The Hall–Kier alpha value is -1.26. The van der Waals surface area contributed by atoms with Gasteiger partial charge < -0.3 is 15.4 Å². The number of carbonyl (C=O) groups excluding carboxylic acids is 1. The van der Waals surface area contributed by atoms with Gasteiger partial charge in [-0.15, -0.1) is 12.4 Å². The molecule has 100 valence electrons. The van der Waals surface area contributed by atoms with Gasteiger partial charge in [0.25, 0.3) is 5.91 Å². The zero-order valence-corrected chi connectivity index (χ0v) is 11.3. The van der Waals surface area contributed by atoms with E-state index in [9.17, 15) is 4.79 Å². The lowest BCUT2D eigenvalue weighted by atomic mass is 10.1. The van der Waals surface area contributed by atoms with E-state index in [1.54, 1.807) is 36.2 Å². The van der Waals surface area contributed by atoms with Crippen LogP contribution < -0.4 is 5.73 Å². The second-order valence-electron chi connectivity index (χ2n) is 4.45. The molecule has 0 aromatic heterocycles. The zero-order chi connectivity index (χ0) is 12.3. The summed E-state index contributed by atoms with van der Waals surface area (Å²) in [6.45, 7) is 1.46. The van der Waals surface area contributed by atoms with Gasteiger partial charge in [-0.3, -0.25) is 4.79 Å². The van der Waals surface area contributed by atoms with Crippen LogP contribution in [0.25, 0.3) is 0 Å². The number of likely N-dealkylation sites (N-methyl/N-ethyl adjacent to an activating group) is 1. The minimum atomic E-state index is -0.00667. The largest absolute Gasteiger partial charge is 0.399 e. The maximum Gasteiger partial charge on any atom is 0.253 e. The number of hydrogen-bond donors (Lipinski definition) is 1. The van der Waals surface area contributed by atoms with Crippen LogP contribution in [0.5, 0.6) is 0 Å². The van der Waals surface area contributed by atoms with Crippen molar-refractivity contribution in [2.24, 2.45) is 0 Å². The molecule has 1 aromatic rings. The van der Waals surface area contributed by atoms with Crippen LogP contribution in [0.3, 0.4) is 0 Å². The predicted molar refractivity (Wildman–Crippen MR) is 74.0 cm³/mol. The average Bonchev–Trinajstić information content (AvgIpc) is 2.80. The normalized spacial score (nSPS) is 18.2. The summed E-state index contributed by atoms with van der Waals surface area (Å²) in [5, 5.41) is 0. The smallest absolute Gasteiger partial charge is 0.253 e. The lowest BCUT2D eigenvalue weighted by Gasteiger charge is -2.20.